The number of nitrogens with zero attached hydrogens (tertiary/aromatic N) is 2. The first-order chi connectivity index (χ1) is 9.79. The fraction of sp³-hybridized carbons (Fsp3) is 0.714. The van der Waals surface area contributed by atoms with E-state index in [1.54, 1.807) is 0 Å². The van der Waals surface area contributed by atoms with Gasteiger partial charge in [-0.15, -0.1) is 0 Å². The van der Waals surface area contributed by atoms with Crippen molar-refractivity contribution < 1.29 is 4.79 Å². The second kappa shape index (κ2) is 6.19. The molecule has 0 radical (unpaired) electrons. The van der Waals surface area contributed by atoms with Gasteiger partial charge in [0.25, 0.3) is 5.91 Å². The maximum atomic E-state index is 12.3. The van der Waals surface area contributed by atoms with Gasteiger partial charge >= 0.3 is 0 Å². The molecule has 0 bridgehead atoms. The lowest BCUT2D eigenvalue weighted by Gasteiger charge is -2.32. The quantitative estimate of drug-likeness (QED) is 0.745. The minimum Gasteiger partial charge on any atom is -0.382 e. The Kier molecular flexibility index (Phi) is 4.73. The van der Waals surface area contributed by atoms with Crippen molar-refractivity contribution in [1.82, 2.24) is 15.2 Å². The fourth-order valence-corrected chi connectivity index (χ4v) is 2.70. The van der Waals surface area contributed by atoms with Crippen LogP contribution in [0.1, 0.15) is 42.8 Å². The van der Waals surface area contributed by atoms with Crippen molar-refractivity contribution in [2.75, 3.05) is 31.7 Å². The normalized spacial score (nSPS) is 15.9. The standard InChI is InChI=1S/C14H25N5OS/c1-14(2,19(3)4)8-16-12(20)10-11(15)18-13(21-10)17-9-6-5-7-9/h9H,5-8,15H2,1-4H3,(H,16,20)(H,17,18). The largest absolute Gasteiger partial charge is 0.382 e. The molecule has 7 heteroatoms. The number of anilines is 2. The SMILES string of the molecule is CN(C)C(C)(C)CNC(=O)c1sc(NC2CCC2)nc1N. The summed E-state index contributed by atoms with van der Waals surface area (Å²) >= 11 is 1.33. The lowest BCUT2D eigenvalue weighted by atomic mass is 9.93. The Morgan fingerprint density at radius 2 is 2.14 bits per heavy atom. The highest BCUT2D eigenvalue weighted by molar-refractivity contribution is 7.18. The van der Waals surface area contributed by atoms with Gasteiger partial charge in [0, 0.05) is 18.1 Å². The van der Waals surface area contributed by atoms with Gasteiger partial charge in [-0.25, -0.2) is 4.98 Å². The number of nitrogens with one attached hydrogen (secondary N) is 2. The van der Waals surface area contributed by atoms with Crippen molar-refractivity contribution >= 4 is 28.2 Å². The summed E-state index contributed by atoms with van der Waals surface area (Å²) in [6.07, 6.45) is 3.58. The van der Waals surface area contributed by atoms with Gasteiger partial charge in [-0.05, 0) is 47.2 Å². The average molecular weight is 311 g/mol. The Bertz CT molecular complexity index is 507. The summed E-state index contributed by atoms with van der Waals surface area (Å²) in [5, 5.41) is 7.01. The van der Waals surface area contributed by atoms with Gasteiger partial charge in [0.15, 0.2) is 5.13 Å². The molecule has 0 saturated heterocycles. The van der Waals surface area contributed by atoms with Crippen LogP contribution in [0.5, 0.6) is 0 Å². The predicted molar refractivity (Wildman–Crippen MR) is 87.9 cm³/mol. The van der Waals surface area contributed by atoms with Crippen molar-refractivity contribution in [2.45, 2.75) is 44.7 Å². The molecule has 1 aliphatic carbocycles. The molecule has 1 aromatic heterocycles. The van der Waals surface area contributed by atoms with Crippen molar-refractivity contribution in [2.24, 2.45) is 0 Å². The number of rotatable bonds is 6. The molecular weight excluding hydrogens is 286 g/mol. The van der Waals surface area contributed by atoms with E-state index in [0.29, 0.717) is 23.3 Å². The second-order valence-electron chi connectivity index (χ2n) is 6.40. The molecule has 118 valence electrons. The number of carbonyl (C=O) groups excluding carboxylic acids is 1. The van der Waals surface area contributed by atoms with Gasteiger partial charge in [0.05, 0.1) is 0 Å². The first-order valence-corrected chi connectivity index (χ1v) is 8.10. The van der Waals surface area contributed by atoms with Crippen LogP contribution in [-0.4, -0.2) is 48.0 Å². The minimum absolute atomic E-state index is 0.109. The van der Waals surface area contributed by atoms with E-state index in [1.165, 1.54) is 17.8 Å². The molecule has 1 aromatic rings. The van der Waals surface area contributed by atoms with Crippen LogP contribution in [0.25, 0.3) is 0 Å². The Balaban J connectivity index is 1.95. The third-order valence-corrected chi connectivity index (χ3v) is 5.19. The van der Waals surface area contributed by atoms with E-state index in [0.717, 1.165) is 18.0 Å². The molecule has 2 rings (SSSR count). The van der Waals surface area contributed by atoms with Crippen LogP contribution in [0.15, 0.2) is 0 Å². The smallest absolute Gasteiger partial charge is 0.265 e. The highest BCUT2D eigenvalue weighted by Gasteiger charge is 2.24. The lowest BCUT2D eigenvalue weighted by molar-refractivity contribution is 0.0924. The van der Waals surface area contributed by atoms with Crippen molar-refractivity contribution in [3.63, 3.8) is 0 Å². The summed E-state index contributed by atoms with van der Waals surface area (Å²) in [5.41, 5.74) is 5.76. The van der Waals surface area contributed by atoms with E-state index in [1.807, 2.05) is 14.1 Å². The van der Waals surface area contributed by atoms with E-state index >= 15 is 0 Å². The number of carbonyl (C=O) groups is 1. The summed E-state index contributed by atoms with van der Waals surface area (Å²) in [7, 11) is 3.99. The number of thiazole rings is 1. The molecule has 0 unspecified atom stereocenters. The number of aromatic nitrogens is 1. The zero-order valence-electron chi connectivity index (χ0n) is 13.2. The molecule has 4 N–H and O–H groups in total. The Labute approximate surface area is 130 Å². The molecule has 1 saturated carbocycles. The molecule has 0 spiro atoms. The van der Waals surface area contributed by atoms with Gasteiger partial charge in [-0.2, -0.15) is 0 Å². The summed E-state index contributed by atoms with van der Waals surface area (Å²) in [5.74, 6) is 0.156. The average Bonchev–Trinajstić information content (AvgIpc) is 2.72. The van der Waals surface area contributed by atoms with Crippen LogP contribution < -0.4 is 16.4 Å². The number of amides is 1. The van der Waals surface area contributed by atoms with Crippen LogP contribution in [0.4, 0.5) is 10.9 Å². The van der Waals surface area contributed by atoms with E-state index in [9.17, 15) is 4.79 Å². The Morgan fingerprint density at radius 1 is 1.48 bits per heavy atom. The van der Waals surface area contributed by atoms with Crippen molar-refractivity contribution in [3.8, 4) is 0 Å². The van der Waals surface area contributed by atoms with Crippen molar-refractivity contribution in [1.29, 1.82) is 0 Å². The monoisotopic (exact) mass is 311 g/mol. The molecular formula is C14H25N5OS. The molecule has 0 aromatic carbocycles. The van der Waals surface area contributed by atoms with E-state index in [-0.39, 0.29) is 11.4 Å². The maximum Gasteiger partial charge on any atom is 0.265 e. The second-order valence-corrected chi connectivity index (χ2v) is 7.39. The van der Waals surface area contributed by atoms with Gasteiger partial charge in [-0.1, -0.05) is 11.3 Å². The molecule has 1 aliphatic rings. The van der Waals surface area contributed by atoms with Crippen LogP contribution in [0.3, 0.4) is 0 Å². The number of nitrogen functional groups attached to an aromatic ring is 1. The first kappa shape index (κ1) is 16.0. The lowest BCUT2D eigenvalue weighted by Crippen LogP contribution is -2.48. The summed E-state index contributed by atoms with van der Waals surface area (Å²) in [6.45, 7) is 4.71. The van der Waals surface area contributed by atoms with Crippen molar-refractivity contribution in [3.05, 3.63) is 4.88 Å². The van der Waals surface area contributed by atoms with E-state index in [4.69, 9.17) is 5.73 Å². The van der Waals surface area contributed by atoms with Crippen LogP contribution in [0.2, 0.25) is 0 Å². The molecule has 0 atom stereocenters. The number of hydrogen-bond donors (Lipinski definition) is 3. The zero-order chi connectivity index (χ0) is 15.6. The third-order valence-electron chi connectivity index (χ3n) is 4.18. The van der Waals surface area contributed by atoms with Crippen LogP contribution >= 0.6 is 11.3 Å². The predicted octanol–water partition coefficient (Wildman–Crippen LogP) is 1.76. The highest BCUT2D eigenvalue weighted by Crippen LogP contribution is 2.29. The molecule has 0 aliphatic heterocycles. The van der Waals surface area contributed by atoms with E-state index in [2.05, 4.69) is 34.4 Å². The molecule has 21 heavy (non-hydrogen) atoms. The molecule has 1 fully saturated rings. The molecule has 1 heterocycles. The minimum atomic E-state index is -0.151. The van der Waals surface area contributed by atoms with Crippen LogP contribution in [-0.2, 0) is 0 Å². The topological polar surface area (TPSA) is 83.3 Å². The molecule has 1 amide bonds. The number of hydrogen-bond acceptors (Lipinski definition) is 6. The van der Waals surface area contributed by atoms with Gasteiger partial charge < -0.3 is 21.3 Å². The first-order valence-electron chi connectivity index (χ1n) is 7.28. The number of nitrogens with two attached hydrogens (primary N) is 1. The summed E-state index contributed by atoms with van der Waals surface area (Å²) in [6, 6.07) is 0.485. The van der Waals surface area contributed by atoms with Gasteiger partial charge in [0.2, 0.25) is 0 Å². The highest BCUT2D eigenvalue weighted by atomic mass is 32.1. The van der Waals surface area contributed by atoms with Crippen LogP contribution in [0, 0.1) is 0 Å². The van der Waals surface area contributed by atoms with E-state index < -0.39 is 0 Å². The fourth-order valence-electron chi connectivity index (χ4n) is 1.82. The third kappa shape index (κ3) is 3.85. The van der Waals surface area contributed by atoms with Gasteiger partial charge in [-0.3, -0.25) is 4.79 Å². The molecule has 6 nitrogen and oxygen atoms in total. The summed E-state index contributed by atoms with van der Waals surface area (Å²) < 4.78 is 0. The van der Waals surface area contributed by atoms with Gasteiger partial charge in [0.1, 0.15) is 10.7 Å². The summed E-state index contributed by atoms with van der Waals surface area (Å²) in [4.78, 5) is 19.1. The number of likely N-dealkylation sites (N-methyl/N-ethyl adjacent to an activating group) is 1. The Morgan fingerprint density at radius 3 is 2.67 bits per heavy atom. The zero-order valence-corrected chi connectivity index (χ0v) is 14.0. The maximum absolute atomic E-state index is 12.3. The Hall–Kier alpha value is -1.34.